The molecule has 0 aliphatic carbocycles. The molecule has 0 unspecified atom stereocenters. The van der Waals surface area contributed by atoms with E-state index in [1.807, 2.05) is 0 Å². The Morgan fingerprint density at radius 2 is 1.47 bits per heavy atom. The Kier molecular flexibility index (Phi) is 5.15. The van der Waals surface area contributed by atoms with Crippen molar-refractivity contribution in [1.82, 2.24) is 9.78 Å². The van der Waals surface area contributed by atoms with Crippen LogP contribution < -0.4 is 5.14 Å². The van der Waals surface area contributed by atoms with E-state index in [4.69, 9.17) is 16.7 Å². The third-order valence-electron chi connectivity index (χ3n) is 4.47. The molecule has 3 aromatic carbocycles. The second-order valence-corrected chi connectivity index (χ2v) is 8.50. The lowest BCUT2D eigenvalue weighted by Crippen LogP contribution is -2.12. The number of benzene rings is 3. The van der Waals surface area contributed by atoms with Crippen molar-refractivity contribution in [3.8, 4) is 28.2 Å². The van der Waals surface area contributed by atoms with Gasteiger partial charge in [-0.15, -0.1) is 0 Å². The molecule has 1 aromatic heterocycles. The molecule has 30 heavy (non-hydrogen) atoms. The molecule has 5 nitrogen and oxygen atoms in total. The van der Waals surface area contributed by atoms with Crippen LogP contribution >= 0.6 is 11.6 Å². The van der Waals surface area contributed by atoms with Gasteiger partial charge in [0.15, 0.2) is 11.6 Å². The summed E-state index contributed by atoms with van der Waals surface area (Å²) < 4.78 is 51.8. The maximum absolute atomic E-state index is 13.9. The number of nitrogens with zero attached hydrogens (tertiary/aromatic N) is 2. The summed E-state index contributed by atoms with van der Waals surface area (Å²) in [4.78, 5) is -0.0503. The Hall–Kier alpha value is -3.07. The van der Waals surface area contributed by atoms with Crippen molar-refractivity contribution in [2.45, 2.75) is 4.90 Å². The molecule has 1 heterocycles. The molecule has 4 aromatic rings. The van der Waals surface area contributed by atoms with Crippen molar-refractivity contribution in [2.24, 2.45) is 5.14 Å². The first kappa shape index (κ1) is 20.2. The number of nitrogens with two attached hydrogens (primary N) is 1. The van der Waals surface area contributed by atoms with E-state index >= 15 is 0 Å². The summed E-state index contributed by atoms with van der Waals surface area (Å²) in [5, 5.41) is 10.3. The van der Waals surface area contributed by atoms with Crippen LogP contribution in [0.2, 0.25) is 5.02 Å². The van der Waals surface area contributed by atoms with Gasteiger partial charge in [0.25, 0.3) is 0 Å². The van der Waals surface area contributed by atoms with Crippen LogP contribution in [-0.2, 0) is 10.0 Å². The van der Waals surface area contributed by atoms with Gasteiger partial charge in [-0.25, -0.2) is 27.0 Å². The van der Waals surface area contributed by atoms with Gasteiger partial charge in [-0.3, -0.25) is 0 Å². The predicted octanol–water partition coefficient (Wildman–Crippen LogP) is 4.79. The van der Waals surface area contributed by atoms with Crippen molar-refractivity contribution in [3.05, 3.63) is 89.5 Å². The van der Waals surface area contributed by atoms with E-state index in [9.17, 15) is 17.2 Å². The molecular weight excluding hydrogens is 432 g/mol. The molecule has 0 aliphatic rings. The van der Waals surface area contributed by atoms with E-state index in [1.54, 1.807) is 30.3 Å². The van der Waals surface area contributed by atoms with Crippen LogP contribution in [0.5, 0.6) is 0 Å². The number of hydrogen-bond acceptors (Lipinski definition) is 3. The van der Waals surface area contributed by atoms with Crippen molar-refractivity contribution in [2.75, 3.05) is 0 Å². The molecule has 2 N–H and O–H groups in total. The summed E-state index contributed by atoms with van der Waals surface area (Å²) in [5.41, 5.74) is 2.74. The third kappa shape index (κ3) is 3.97. The largest absolute Gasteiger partial charge is 0.238 e. The van der Waals surface area contributed by atoms with Crippen molar-refractivity contribution < 1.29 is 17.2 Å². The van der Waals surface area contributed by atoms with E-state index in [0.29, 0.717) is 27.7 Å². The van der Waals surface area contributed by atoms with Crippen LogP contribution in [0.4, 0.5) is 8.78 Å². The molecule has 0 atom stereocenters. The molecule has 0 saturated carbocycles. The van der Waals surface area contributed by atoms with Gasteiger partial charge in [0.1, 0.15) is 0 Å². The first-order valence-electron chi connectivity index (χ1n) is 8.67. The van der Waals surface area contributed by atoms with Crippen LogP contribution in [0, 0.1) is 11.6 Å². The fourth-order valence-electron chi connectivity index (χ4n) is 2.98. The number of sulfonamides is 1. The van der Waals surface area contributed by atoms with Crippen LogP contribution in [0.3, 0.4) is 0 Å². The normalized spacial score (nSPS) is 11.6. The first-order chi connectivity index (χ1) is 14.2. The minimum Gasteiger partial charge on any atom is -0.232 e. The Bertz CT molecular complexity index is 1340. The summed E-state index contributed by atoms with van der Waals surface area (Å²) in [7, 11) is -3.85. The lowest BCUT2D eigenvalue weighted by atomic mass is 10.1. The Balaban J connectivity index is 1.89. The standard InChI is InChI=1S/C21H14ClF2N3O2S/c22-15-4-1-13(2-5-15)20-12-21(14-3-10-18(23)19(24)11-14)27(26-20)16-6-8-17(9-7-16)30(25,28)29/h1-12H,(H2,25,28,29). The number of aromatic nitrogens is 2. The fourth-order valence-corrected chi connectivity index (χ4v) is 3.62. The number of primary sulfonamides is 1. The summed E-state index contributed by atoms with van der Waals surface area (Å²) in [6.07, 6.45) is 0. The molecular formula is C21H14ClF2N3O2S. The van der Waals surface area contributed by atoms with Gasteiger partial charge in [-0.1, -0.05) is 23.7 Å². The predicted molar refractivity (Wildman–Crippen MR) is 111 cm³/mol. The number of hydrogen-bond donors (Lipinski definition) is 1. The van der Waals surface area contributed by atoms with Crippen LogP contribution in [-0.4, -0.2) is 18.2 Å². The fraction of sp³-hybridized carbons (Fsp3) is 0. The second-order valence-electron chi connectivity index (χ2n) is 6.50. The molecule has 4 rings (SSSR count). The summed E-state index contributed by atoms with van der Waals surface area (Å²) >= 11 is 5.95. The van der Waals surface area contributed by atoms with Gasteiger partial charge in [0.05, 0.1) is 22.0 Å². The highest BCUT2D eigenvalue weighted by Crippen LogP contribution is 2.30. The lowest BCUT2D eigenvalue weighted by molar-refractivity contribution is 0.509. The molecule has 0 aliphatic heterocycles. The van der Waals surface area contributed by atoms with E-state index < -0.39 is 21.7 Å². The Morgan fingerprint density at radius 3 is 2.07 bits per heavy atom. The third-order valence-corrected chi connectivity index (χ3v) is 5.66. The van der Waals surface area contributed by atoms with Gasteiger partial charge in [0.2, 0.25) is 10.0 Å². The maximum atomic E-state index is 13.9. The van der Waals surface area contributed by atoms with Crippen molar-refractivity contribution >= 4 is 21.6 Å². The molecule has 0 amide bonds. The monoisotopic (exact) mass is 445 g/mol. The Labute approximate surface area is 176 Å². The zero-order valence-corrected chi connectivity index (χ0v) is 16.8. The topological polar surface area (TPSA) is 78.0 Å². The molecule has 152 valence electrons. The van der Waals surface area contributed by atoms with Gasteiger partial charge < -0.3 is 0 Å². The quantitative estimate of drug-likeness (QED) is 0.490. The lowest BCUT2D eigenvalue weighted by Gasteiger charge is -2.09. The highest BCUT2D eigenvalue weighted by Gasteiger charge is 2.16. The molecule has 0 fully saturated rings. The molecule has 0 radical (unpaired) electrons. The van der Waals surface area contributed by atoms with Gasteiger partial charge in [-0.2, -0.15) is 5.10 Å². The highest BCUT2D eigenvalue weighted by atomic mass is 35.5. The van der Waals surface area contributed by atoms with E-state index in [-0.39, 0.29) is 4.90 Å². The van der Waals surface area contributed by atoms with Crippen molar-refractivity contribution in [3.63, 3.8) is 0 Å². The maximum Gasteiger partial charge on any atom is 0.238 e. The van der Waals surface area contributed by atoms with E-state index in [0.717, 1.165) is 17.7 Å². The van der Waals surface area contributed by atoms with Crippen molar-refractivity contribution in [1.29, 1.82) is 0 Å². The second kappa shape index (κ2) is 7.64. The zero-order chi connectivity index (χ0) is 21.5. The average molecular weight is 446 g/mol. The van der Waals surface area contributed by atoms with E-state index in [2.05, 4.69) is 5.10 Å². The SMILES string of the molecule is NS(=O)(=O)c1ccc(-n2nc(-c3ccc(Cl)cc3)cc2-c2ccc(F)c(F)c2)cc1. The molecule has 0 bridgehead atoms. The van der Waals surface area contributed by atoms with Gasteiger partial charge in [0, 0.05) is 16.1 Å². The first-order valence-corrected chi connectivity index (χ1v) is 10.6. The molecule has 0 spiro atoms. The minimum absolute atomic E-state index is 0.0503. The average Bonchev–Trinajstić information content (AvgIpc) is 3.15. The summed E-state index contributed by atoms with van der Waals surface area (Å²) in [6.45, 7) is 0. The van der Waals surface area contributed by atoms with Crippen LogP contribution in [0.1, 0.15) is 0 Å². The highest BCUT2D eigenvalue weighted by molar-refractivity contribution is 7.89. The van der Waals surface area contributed by atoms with Crippen LogP contribution in [0.25, 0.3) is 28.2 Å². The van der Waals surface area contributed by atoms with E-state index in [1.165, 1.54) is 35.0 Å². The minimum atomic E-state index is -3.85. The van der Waals surface area contributed by atoms with Gasteiger partial charge in [-0.05, 0) is 60.7 Å². The smallest absolute Gasteiger partial charge is 0.232 e. The summed E-state index contributed by atoms with van der Waals surface area (Å²) in [5.74, 6) is -1.95. The van der Waals surface area contributed by atoms with Crippen LogP contribution in [0.15, 0.2) is 77.7 Å². The van der Waals surface area contributed by atoms with Gasteiger partial charge >= 0.3 is 0 Å². The zero-order valence-electron chi connectivity index (χ0n) is 15.3. The number of rotatable bonds is 4. The summed E-state index contributed by atoms with van der Waals surface area (Å²) in [6, 6.07) is 18.0. The molecule has 0 saturated heterocycles. The molecule has 9 heteroatoms. The Morgan fingerprint density at radius 1 is 0.833 bits per heavy atom. The number of halogens is 3.